The van der Waals surface area contributed by atoms with Gasteiger partial charge in [0.1, 0.15) is 17.3 Å². The van der Waals surface area contributed by atoms with E-state index >= 15 is 0 Å². The van der Waals surface area contributed by atoms with E-state index in [1.54, 1.807) is 17.0 Å². The fourth-order valence-electron chi connectivity index (χ4n) is 3.88. The van der Waals surface area contributed by atoms with E-state index in [4.69, 9.17) is 11.5 Å². The van der Waals surface area contributed by atoms with Crippen LogP contribution < -0.4 is 11.5 Å². The summed E-state index contributed by atoms with van der Waals surface area (Å²) in [6, 6.07) is 8.54. The lowest BCUT2D eigenvalue weighted by molar-refractivity contribution is 0.0729. The van der Waals surface area contributed by atoms with Gasteiger partial charge in [-0.3, -0.25) is 4.79 Å². The third-order valence-electron chi connectivity index (χ3n) is 5.19. The number of aromatic nitrogens is 1. The summed E-state index contributed by atoms with van der Waals surface area (Å²) >= 11 is 0. The van der Waals surface area contributed by atoms with Gasteiger partial charge < -0.3 is 21.4 Å². The number of benzene rings is 2. The molecule has 1 aromatic heterocycles. The number of hydrogen-bond acceptors (Lipinski definition) is 3. The number of carbonyl (C=O) groups is 1. The Hall–Kier alpha value is -2.77. The SMILES string of the molecule is NCCC[C@H](N)CN1Cc2cc(F)ccc2-c2c([nH]c3ccc(F)cc23)C1=O. The normalized spacial score (nSPS) is 14.7. The van der Waals surface area contributed by atoms with Crippen molar-refractivity contribution in [3.8, 4) is 11.1 Å². The van der Waals surface area contributed by atoms with Gasteiger partial charge in [-0.2, -0.15) is 0 Å². The lowest BCUT2D eigenvalue weighted by Gasteiger charge is -2.24. The summed E-state index contributed by atoms with van der Waals surface area (Å²) in [5.41, 5.74) is 14.8. The van der Waals surface area contributed by atoms with Gasteiger partial charge in [0.05, 0.1) is 0 Å². The standard InChI is InChI=1S/C21H22F2N4O/c22-13-3-5-16-12(8-13)10-27(11-15(25)2-1-7-24)21(28)20-19(16)17-9-14(23)4-6-18(17)26-20/h3-6,8-9,15,26H,1-2,7,10-11,24-25H2/t15-/m0/s1. The minimum Gasteiger partial charge on any atom is -0.350 e. The Labute approximate surface area is 161 Å². The molecular weight excluding hydrogens is 362 g/mol. The van der Waals surface area contributed by atoms with Crippen molar-refractivity contribution in [3.05, 3.63) is 59.3 Å². The molecule has 7 heteroatoms. The zero-order valence-electron chi connectivity index (χ0n) is 15.3. The van der Waals surface area contributed by atoms with Crippen molar-refractivity contribution in [2.75, 3.05) is 13.1 Å². The maximum absolute atomic E-state index is 14.0. The van der Waals surface area contributed by atoms with Gasteiger partial charge in [-0.1, -0.05) is 6.07 Å². The predicted octanol–water partition coefficient (Wildman–Crippen LogP) is 3.14. The third-order valence-corrected chi connectivity index (χ3v) is 5.19. The molecule has 0 radical (unpaired) electrons. The Morgan fingerprint density at radius 2 is 1.89 bits per heavy atom. The molecule has 0 saturated carbocycles. The molecule has 146 valence electrons. The van der Waals surface area contributed by atoms with E-state index in [2.05, 4.69) is 4.98 Å². The van der Waals surface area contributed by atoms with Gasteiger partial charge >= 0.3 is 0 Å². The Balaban J connectivity index is 1.85. The first-order valence-corrected chi connectivity index (χ1v) is 9.33. The number of amides is 1. The number of nitrogens with two attached hydrogens (primary N) is 2. The highest BCUT2D eigenvalue weighted by Crippen LogP contribution is 2.38. The summed E-state index contributed by atoms with van der Waals surface area (Å²) in [5, 5.41) is 0.602. The molecule has 4 rings (SSSR count). The molecule has 1 aliphatic rings. The van der Waals surface area contributed by atoms with E-state index in [1.165, 1.54) is 24.3 Å². The van der Waals surface area contributed by atoms with Gasteiger partial charge in [-0.05, 0) is 60.8 Å². The second-order valence-corrected chi connectivity index (χ2v) is 7.24. The number of fused-ring (bicyclic) bond motifs is 5. The maximum atomic E-state index is 14.0. The van der Waals surface area contributed by atoms with Crippen LogP contribution in [0.4, 0.5) is 8.78 Å². The van der Waals surface area contributed by atoms with Gasteiger partial charge in [0.25, 0.3) is 5.91 Å². The van der Waals surface area contributed by atoms with Crippen LogP contribution in [-0.2, 0) is 6.54 Å². The number of nitrogens with one attached hydrogen (secondary N) is 1. The maximum Gasteiger partial charge on any atom is 0.271 e. The highest BCUT2D eigenvalue weighted by Gasteiger charge is 2.30. The minimum atomic E-state index is -0.393. The second-order valence-electron chi connectivity index (χ2n) is 7.24. The number of carbonyl (C=O) groups excluding carboxylic acids is 1. The van der Waals surface area contributed by atoms with Gasteiger partial charge in [0, 0.05) is 35.6 Å². The molecule has 0 unspecified atom stereocenters. The molecule has 0 fully saturated rings. The van der Waals surface area contributed by atoms with Crippen molar-refractivity contribution in [2.45, 2.75) is 25.4 Å². The summed E-state index contributed by atoms with van der Waals surface area (Å²) in [4.78, 5) is 18.0. The van der Waals surface area contributed by atoms with E-state index in [-0.39, 0.29) is 24.3 Å². The van der Waals surface area contributed by atoms with Crippen LogP contribution in [-0.4, -0.2) is 34.9 Å². The first-order chi connectivity index (χ1) is 13.5. The first kappa shape index (κ1) is 18.6. The molecule has 0 aliphatic carbocycles. The minimum absolute atomic E-state index is 0.229. The summed E-state index contributed by atoms with van der Waals surface area (Å²) < 4.78 is 27.8. The topological polar surface area (TPSA) is 88.1 Å². The lowest BCUT2D eigenvalue weighted by Crippen LogP contribution is -2.40. The predicted molar refractivity (Wildman–Crippen MR) is 105 cm³/mol. The number of hydrogen-bond donors (Lipinski definition) is 3. The van der Waals surface area contributed by atoms with Crippen molar-refractivity contribution in [1.82, 2.24) is 9.88 Å². The highest BCUT2D eigenvalue weighted by atomic mass is 19.1. The van der Waals surface area contributed by atoms with Crippen LogP contribution in [0.1, 0.15) is 28.9 Å². The molecule has 2 heterocycles. The van der Waals surface area contributed by atoms with Crippen molar-refractivity contribution in [1.29, 1.82) is 0 Å². The molecule has 2 aromatic carbocycles. The van der Waals surface area contributed by atoms with Gasteiger partial charge in [0.2, 0.25) is 0 Å². The van der Waals surface area contributed by atoms with E-state index in [0.717, 1.165) is 12.0 Å². The first-order valence-electron chi connectivity index (χ1n) is 9.33. The number of H-pyrrole nitrogens is 1. The fourth-order valence-corrected chi connectivity index (χ4v) is 3.88. The molecule has 1 atom stereocenters. The molecule has 0 saturated heterocycles. The van der Waals surface area contributed by atoms with Crippen LogP contribution in [0.15, 0.2) is 36.4 Å². The average Bonchev–Trinajstić information content (AvgIpc) is 2.99. The molecular formula is C21H22F2N4O. The van der Waals surface area contributed by atoms with Crippen LogP contribution in [0.3, 0.4) is 0 Å². The molecule has 1 amide bonds. The fraction of sp³-hybridized carbons (Fsp3) is 0.286. The number of rotatable bonds is 5. The van der Waals surface area contributed by atoms with Crippen molar-refractivity contribution in [3.63, 3.8) is 0 Å². The summed E-state index contributed by atoms with van der Waals surface area (Å²) in [7, 11) is 0. The van der Waals surface area contributed by atoms with Crippen LogP contribution in [0, 0.1) is 11.6 Å². The zero-order chi connectivity index (χ0) is 19.8. The highest BCUT2D eigenvalue weighted by molar-refractivity contribution is 6.11. The zero-order valence-corrected chi connectivity index (χ0v) is 15.3. The second kappa shape index (κ2) is 7.33. The van der Waals surface area contributed by atoms with Crippen LogP contribution >= 0.6 is 0 Å². The summed E-state index contributed by atoms with van der Waals surface area (Å²) in [6.07, 6.45) is 1.46. The van der Waals surface area contributed by atoms with E-state index in [1.807, 2.05) is 0 Å². The Morgan fingerprint density at radius 3 is 2.68 bits per heavy atom. The van der Waals surface area contributed by atoms with E-state index in [0.29, 0.717) is 47.2 Å². The summed E-state index contributed by atoms with van der Waals surface area (Å²) in [6.45, 7) is 1.10. The molecule has 5 nitrogen and oxygen atoms in total. The molecule has 3 aromatic rings. The quantitative estimate of drug-likeness (QED) is 0.631. The van der Waals surface area contributed by atoms with Crippen LogP contribution in [0.5, 0.6) is 0 Å². The van der Waals surface area contributed by atoms with Gasteiger partial charge in [-0.25, -0.2) is 8.78 Å². The smallest absolute Gasteiger partial charge is 0.271 e. The molecule has 1 aliphatic heterocycles. The van der Waals surface area contributed by atoms with Crippen molar-refractivity contribution < 1.29 is 13.6 Å². The Kier molecular flexibility index (Phi) is 4.87. The Morgan fingerprint density at radius 1 is 1.14 bits per heavy atom. The average molecular weight is 384 g/mol. The van der Waals surface area contributed by atoms with E-state index in [9.17, 15) is 13.6 Å². The largest absolute Gasteiger partial charge is 0.350 e. The number of nitrogens with zero attached hydrogens (tertiary/aromatic N) is 1. The number of aromatic amines is 1. The molecule has 0 spiro atoms. The van der Waals surface area contributed by atoms with Crippen LogP contribution in [0.2, 0.25) is 0 Å². The van der Waals surface area contributed by atoms with Gasteiger partial charge in [-0.15, -0.1) is 0 Å². The summed E-state index contributed by atoms with van der Waals surface area (Å²) in [5.74, 6) is -1.00. The lowest BCUT2D eigenvalue weighted by atomic mass is 9.97. The van der Waals surface area contributed by atoms with Crippen molar-refractivity contribution >= 4 is 16.8 Å². The third kappa shape index (κ3) is 3.27. The number of halogens is 2. The van der Waals surface area contributed by atoms with Gasteiger partial charge in [0.15, 0.2) is 0 Å². The van der Waals surface area contributed by atoms with E-state index < -0.39 is 5.82 Å². The van der Waals surface area contributed by atoms with Crippen LogP contribution in [0.25, 0.3) is 22.0 Å². The molecule has 28 heavy (non-hydrogen) atoms. The molecule has 5 N–H and O–H groups in total. The Bertz CT molecular complexity index is 1050. The molecule has 0 bridgehead atoms. The monoisotopic (exact) mass is 384 g/mol. The van der Waals surface area contributed by atoms with Crippen molar-refractivity contribution in [2.24, 2.45) is 11.5 Å².